The van der Waals surface area contributed by atoms with Crippen molar-refractivity contribution < 1.29 is 8.42 Å². The Bertz CT molecular complexity index is 589. The molecule has 3 nitrogen and oxygen atoms in total. The fourth-order valence-electron chi connectivity index (χ4n) is 2.07. The van der Waals surface area contributed by atoms with Gasteiger partial charge >= 0.3 is 0 Å². The van der Waals surface area contributed by atoms with Crippen molar-refractivity contribution in [1.29, 1.82) is 0 Å². The first-order valence-electron chi connectivity index (χ1n) is 6.82. The van der Waals surface area contributed by atoms with E-state index in [1.54, 1.807) is 12.1 Å². The molecule has 1 N–H and O–H groups in total. The molecule has 21 heavy (non-hydrogen) atoms. The highest BCUT2D eigenvalue weighted by molar-refractivity contribution is 9.11. The number of hydrogen-bond acceptors (Lipinski definition) is 2. The van der Waals surface area contributed by atoms with Crippen molar-refractivity contribution in [2.24, 2.45) is 5.92 Å². The summed E-state index contributed by atoms with van der Waals surface area (Å²) in [6.45, 7) is 6.26. The third kappa shape index (κ3) is 5.20. The number of aryl methyl sites for hydroxylation is 1. The summed E-state index contributed by atoms with van der Waals surface area (Å²) in [5, 5.41) is -0.206. The van der Waals surface area contributed by atoms with Crippen molar-refractivity contribution in [2.75, 3.05) is 6.54 Å². The van der Waals surface area contributed by atoms with Crippen LogP contribution in [0.1, 0.15) is 32.3 Å². The van der Waals surface area contributed by atoms with Crippen LogP contribution in [0, 0.1) is 12.8 Å². The van der Waals surface area contributed by atoms with E-state index in [1.165, 1.54) is 0 Å². The summed E-state index contributed by atoms with van der Waals surface area (Å²) in [7, 11) is -3.59. The van der Waals surface area contributed by atoms with Gasteiger partial charge in [-0.1, -0.05) is 42.6 Å². The van der Waals surface area contributed by atoms with E-state index in [2.05, 4.69) is 50.4 Å². The zero-order chi connectivity index (χ0) is 16.2. The molecule has 0 bridgehead atoms. The second-order valence-electron chi connectivity index (χ2n) is 4.98. The van der Waals surface area contributed by atoms with Crippen LogP contribution in [0.3, 0.4) is 0 Å². The Morgan fingerprint density at radius 3 is 2.29 bits per heavy atom. The third-order valence-electron chi connectivity index (χ3n) is 3.53. The summed E-state index contributed by atoms with van der Waals surface area (Å²) in [6.07, 6.45) is 1.87. The van der Waals surface area contributed by atoms with Gasteiger partial charge in [-0.25, -0.2) is 13.1 Å². The smallest absolute Gasteiger partial charge is 0.210 e. The SMILES string of the molecule is CCC(CC)C(Cl)CNS(=O)(=O)c1cc(Br)c(C)cc1Br. The van der Waals surface area contributed by atoms with E-state index < -0.39 is 10.0 Å². The average molecular weight is 462 g/mol. The molecule has 0 aromatic heterocycles. The predicted molar refractivity (Wildman–Crippen MR) is 95.5 cm³/mol. The molecule has 1 rings (SSSR count). The first-order chi connectivity index (χ1) is 9.72. The lowest BCUT2D eigenvalue weighted by molar-refractivity contribution is 0.460. The molecule has 1 atom stereocenters. The van der Waals surface area contributed by atoms with Gasteiger partial charge in [0.05, 0.1) is 4.90 Å². The molecule has 0 saturated heterocycles. The Hall–Kier alpha value is 0.380. The highest BCUT2D eigenvalue weighted by Crippen LogP contribution is 2.29. The highest BCUT2D eigenvalue weighted by atomic mass is 79.9. The lowest BCUT2D eigenvalue weighted by Crippen LogP contribution is -2.33. The second kappa shape index (κ2) is 8.29. The topological polar surface area (TPSA) is 46.2 Å². The van der Waals surface area contributed by atoms with Gasteiger partial charge in [-0.2, -0.15) is 0 Å². The molecule has 0 heterocycles. The third-order valence-corrected chi connectivity index (χ3v) is 7.28. The van der Waals surface area contributed by atoms with E-state index in [4.69, 9.17) is 11.6 Å². The molecule has 1 aromatic rings. The molecule has 0 aliphatic rings. The van der Waals surface area contributed by atoms with Crippen molar-refractivity contribution in [3.8, 4) is 0 Å². The molecule has 0 aliphatic carbocycles. The lowest BCUT2D eigenvalue weighted by Gasteiger charge is -2.20. The summed E-state index contributed by atoms with van der Waals surface area (Å²) >= 11 is 13.0. The summed E-state index contributed by atoms with van der Waals surface area (Å²) in [5.41, 5.74) is 0.966. The maximum absolute atomic E-state index is 12.4. The summed E-state index contributed by atoms with van der Waals surface area (Å²) in [5.74, 6) is 0.308. The molecule has 0 spiro atoms. The number of sulfonamides is 1. The molecule has 0 amide bonds. The molecule has 1 aromatic carbocycles. The number of nitrogens with one attached hydrogen (secondary N) is 1. The first-order valence-corrected chi connectivity index (χ1v) is 10.3. The van der Waals surface area contributed by atoms with Gasteiger partial charge in [0.25, 0.3) is 0 Å². The molecule has 7 heteroatoms. The molecule has 0 saturated carbocycles. The molecule has 0 aliphatic heterocycles. The number of hydrogen-bond donors (Lipinski definition) is 1. The summed E-state index contributed by atoms with van der Waals surface area (Å²) < 4.78 is 28.7. The lowest BCUT2D eigenvalue weighted by atomic mass is 9.99. The van der Waals surface area contributed by atoms with Crippen molar-refractivity contribution in [1.82, 2.24) is 4.72 Å². The Balaban J connectivity index is 2.90. The zero-order valence-corrected chi connectivity index (χ0v) is 17.0. The van der Waals surface area contributed by atoms with Crippen molar-refractivity contribution >= 4 is 53.5 Å². The van der Waals surface area contributed by atoms with E-state index in [0.29, 0.717) is 10.4 Å². The largest absolute Gasteiger partial charge is 0.241 e. The molecule has 120 valence electrons. The van der Waals surface area contributed by atoms with Crippen molar-refractivity contribution in [3.63, 3.8) is 0 Å². The number of benzene rings is 1. The van der Waals surface area contributed by atoms with Gasteiger partial charge in [-0.15, -0.1) is 11.6 Å². The maximum Gasteiger partial charge on any atom is 0.241 e. The fraction of sp³-hybridized carbons (Fsp3) is 0.571. The van der Waals surface area contributed by atoms with Crippen molar-refractivity contribution in [3.05, 3.63) is 26.6 Å². The fourth-order valence-corrected chi connectivity index (χ4v) is 5.33. The summed E-state index contributed by atoms with van der Waals surface area (Å²) in [4.78, 5) is 0.216. The van der Waals surface area contributed by atoms with Crippen LogP contribution in [0.2, 0.25) is 0 Å². The monoisotopic (exact) mass is 459 g/mol. The van der Waals surface area contributed by atoms with Crippen LogP contribution in [-0.4, -0.2) is 20.3 Å². The van der Waals surface area contributed by atoms with E-state index in [1.807, 2.05) is 6.92 Å². The van der Waals surface area contributed by atoms with Gasteiger partial charge in [-0.3, -0.25) is 0 Å². The van der Waals surface area contributed by atoms with Crippen LogP contribution in [-0.2, 0) is 10.0 Å². The van der Waals surface area contributed by atoms with Crippen LogP contribution in [0.25, 0.3) is 0 Å². The molecule has 1 unspecified atom stereocenters. The maximum atomic E-state index is 12.4. The van der Waals surface area contributed by atoms with E-state index in [9.17, 15) is 8.42 Å². The molecular weight excluding hydrogens is 441 g/mol. The Morgan fingerprint density at radius 2 is 1.76 bits per heavy atom. The van der Waals surface area contributed by atoms with E-state index in [0.717, 1.165) is 22.9 Å². The zero-order valence-electron chi connectivity index (χ0n) is 12.3. The molecule has 0 radical (unpaired) electrons. The number of alkyl halides is 1. The first kappa shape index (κ1) is 19.4. The van der Waals surface area contributed by atoms with Gasteiger partial charge in [-0.05, 0) is 46.5 Å². The van der Waals surface area contributed by atoms with Gasteiger partial charge < -0.3 is 0 Å². The highest BCUT2D eigenvalue weighted by Gasteiger charge is 2.22. The van der Waals surface area contributed by atoms with Crippen LogP contribution >= 0.6 is 43.5 Å². The van der Waals surface area contributed by atoms with Crippen molar-refractivity contribution in [2.45, 2.75) is 43.9 Å². The second-order valence-corrected chi connectivity index (χ2v) is 8.98. The average Bonchev–Trinajstić information content (AvgIpc) is 2.42. The normalized spacial score (nSPS) is 13.7. The van der Waals surface area contributed by atoms with E-state index >= 15 is 0 Å². The van der Waals surface area contributed by atoms with E-state index in [-0.39, 0.29) is 16.8 Å². The van der Waals surface area contributed by atoms with Gasteiger partial charge in [0.2, 0.25) is 10.0 Å². The number of rotatable bonds is 7. The predicted octanol–water partition coefficient (Wildman–Crippen LogP) is 4.84. The quantitative estimate of drug-likeness (QED) is 0.591. The van der Waals surface area contributed by atoms with Gasteiger partial charge in [0.1, 0.15) is 0 Å². The minimum atomic E-state index is -3.59. The Morgan fingerprint density at radius 1 is 1.19 bits per heavy atom. The Kier molecular flexibility index (Phi) is 7.67. The minimum Gasteiger partial charge on any atom is -0.210 e. The van der Waals surface area contributed by atoms with Crippen LogP contribution in [0.15, 0.2) is 26.0 Å². The molecular formula is C14H20Br2ClNO2S. The van der Waals surface area contributed by atoms with Gasteiger partial charge in [0.15, 0.2) is 0 Å². The Labute approximate surface area is 149 Å². The van der Waals surface area contributed by atoms with Crippen LogP contribution in [0.5, 0.6) is 0 Å². The number of halogens is 3. The van der Waals surface area contributed by atoms with Crippen LogP contribution < -0.4 is 4.72 Å². The molecule has 0 fully saturated rings. The standard InChI is InChI=1S/C14H20Br2ClNO2S/c1-4-10(5-2)13(17)8-18-21(19,20)14-7-11(15)9(3)6-12(14)16/h6-7,10,13,18H,4-5,8H2,1-3H3. The summed E-state index contributed by atoms with van der Waals surface area (Å²) in [6, 6.07) is 3.37. The minimum absolute atomic E-state index is 0.206. The van der Waals surface area contributed by atoms with Crippen LogP contribution in [0.4, 0.5) is 0 Å². The van der Waals surface area contributed by atoms with Gasteiger partial charge in [0, 0.05) is 20.9 Å².